The molecule has 7 heteroatoms. The van der Waals surface area contributed by atoms with Crippen LogP contribution in [0.4, 0.5) is 0 Å². The van der Waals surface area contributed by atoms with Crippen LogP contribution < -0.4 is 4.74 Å². The van der Waals surface area contributed by atoms with E-state index in [4.69, 9.17) is 14.6 Å². The molecule has 1 amide bonds. The summed E-state index contributed by atoms with van der Waals surface area (Å²) in [6.45, 7) is 1.37. The van der Waals surface area contributed by atoms with Crippen molar-refractivity contribution in [1.29, 1.82) is 0 Å². The summed E-state index contributed by atoms with van der Waals surface area (Å²) in [6, 6.07) is 7.52. The quantitative estimate of drug-likeness (QED) is 0.758. The van der Waals surface area contributed by atoms with Crippen molar-refractivity contribution < 1.29 is 24.5 Å². The SMILES string of the molecule is COc1ccc(CC(=O)N2CCC(O)(CN(C)C)C2)cc1.O=CO. The summed E-state index contributed by atoms with van der Waals surface area (Å²) in [6.07, 6.45) is 1.00. The summed E-state index contributed by atoms with van der Waals surface area (Å²) in [7, 11) is 5.48. The second-order valence-corrected chi connectivity index (χ2v) is 6.16. The molecule has 0 aromatic heterocycles. The topological polar surface area (TPSA) is 90.3 Å². The molecule has 1 aliphatic heterocycles. The van der Waals surface area contributed by atoms with Gasteiger partial charge >= 0.3 is 0 Å². The standard InChI is InChI=1S/C16H24N2O3.CH2O2/c1-17(2)11-16(20)8-9-18(12-16)15(19)10-13-4-6-14(21-3)7-5-13;2-1-3/h4-7,20H,8-12H2,1-3H3;1H,(H,2,3). The lowest BCUT2D eigenvalue weighted by atomic mass is 10.0. The van der Waals surface area contributed by atoms with Crippen LogP contribution in [-0.4, -0.2) is 78.8 Å². The van der Waals surface area contributed by atoms with Crippen molar-refractivity contribution in [3.63, 3.8) is 0 Å². The summed E-state index contributed by atoms with van der Waals surface area (Å²) in [5.41, 5.74) is 0.183. The Morgan fingerprint density at radius 3 is 2.46 bits per heavy atom. The molecule has 1 unspecified atom stereocenters. The van der Waals surface area contributed by atoms with Crippen molar-refractivity contribution >= 4 is 12.4 Å². The Kier molecular flexibility index (Phi) is 7.67. The third-order valence-electron chi connectivity index (χ3n) is 3.81. The van der Waals surface area contributed by atoms with E-state index < -0.39 is 5.60 Å². The maximum Gasteiger partial charge on any atom is 0.290 e. The maximum absolute atomic E-state index is 12.3. The van der Waals surface area contributed by atoms with Crippen LogP contribution in [0.5, 0.6) is 5.75 Å². The Hall–Kier alpha value is -2.12. The third kappa shape index (κ3) is 6.17. The number of hydrogen-bond donors (Lipinski definition) is 2. The molecule has 0 bridgehead atoms. The normalized spacial score (nSPS) is 19.6. The number of β-amino-alcohol motifs (C(OH)–C–C–N with tert-alkyl or cyclic N) is 1. The number of nitrogens with zero attached hydrogens (tertiary/aromatic N) is 2. The summed E-state index contributed by atoms with van der Waals surface area (Å²) >= 11 is 0. The van der Waals surface area contributed by atoms with Crippen molar-refractivity contribution in [2.24, 2.45) is 0 Å². The fourth-order valence-corrected chi connectivity index (χ4v) is 2.82. The molecule has 1 aliphatic rings. The highest BCUT2D eigenvalue weighted by Gasteiger charge is 2.38. The molecule has 1 aromatic carbocycles. The van der Waals surface area contributed by atoms with Gasteiger partial charge in [-0.05, 0) is 38.2 Å². The molecule has 0 spiro atoms. The minimum Gasteiger partial charge on any atom is -0.497 e. The Morgan fingerprint density at radius 1 is 1.38 bits per heavy atom. The minimum absolute atomic E-state index is 0.0647. The lowest BCUT2D eigenvalue weighted by Crippen LogP contribution is -2.43. The molecule has 1 aromatic rings. The monoisotopic (exact) mass is 338 g/mol. The van der Waals surface area contributed by atoms with Gasteiger partial charge in [0.15, 0.2) is 0 Å². The summed E-state index contributed by atoms with van der Waals surface area (Å²) in [4.78, 5) is 24.4. The summed E-state index contributed by atoms with van der Waals surface area (Å²) in [5, 5.41) is 17.4. The number of likely N-dealkylation sites (N-methyl/N-ethyl adjacent to an activating group) is 1. The first-order valence-electron chi connectivity index (χ1n) is 7.69. The summed E-state index contributed by atoms with van der Waals surface area (Å²) in [5.74, 6) is 0.850. The number of carbonyl (C=O) groups excluding carboxylic acids is 1. The number of amides is 1. The third-order valence-corrected chi connectivity index (χ3v) is 3.81. The predicted octanol–water partition coefficient (Wildman–Crippen LogP) is 0.464. The van der Waals surface area contributed by atoms with Crippen LogP contribution in [0.15, 0.2) is 24.3 Å². The molecular formula is C17H26N2O5. The van der Waals surface area contributed by atoms with E-state index in [0.29, 0.717) is 32.5 Å². The van der Waals surface area contributed by atoms with E-state index >= 15 is 0 Å². The highest BCUT2D eigenvalue weighted by atomic mass is 16.5. The van der Waals surface area contributed by atoms with Crippen LogP contribution in [0.3, 0.4) is 0 Å². The van der Waals surface area contributed by atoms with Gasteiger partial charge in [0.1, 0.15) is 5.75 Å². The number of likely N-dealkylation sites (tertiary alicyclic amines) is 1. The van der Waals surface area contributed by atoms with Crippen molar-refractivity contribution in [2.75, 3.05) is 40.8 Å². The summed E-state index contributed by atoms with van der Waals surface area (Å²) < 4.78 is 5.11. The molecule has 0 saturated carbocycles. The molecular weight excluding hydrogens is 312 g/mol. The Bertz CT molecular complexity index is 532. The van der Waals surface area contributed by atoms with E-state index in [9.17, 15) is 9.90 Å². The van der Waals surface area contributed by atoms with Gasteiger partial charge in [-0.3, -0.25) is 9.59 Å². The van der Waals surface area contributed by atoms with Crippen LogP contribution in [0.25, 0.3) is 0 Å². The largest absolute Gasteiger partial charge is 0.497 e. The highest BCUT2D eigenvalue weighted by molar-refractivity contribution is 5.79. The van der Waals surface area contributed by atoms with Crippen LogP contribution >= 0.6 is 0 Å². The highest BCUT2D eigenvalue weighted by Crippen LogP contribution is 2.23. The van der Waals surface area contributed by atoms with E-state index in [1.807, 2.05) is 43.3 Å². The molecule has 134 valence electrons. The minimum atomic E-state index is -0.779. The molecule has 7 nitrogen and oxygen atoms in total. The van der Waals surface area contributed by atoms with E-state index in [2.05, 4.69) is 0 Å². The first-order chi connectivity index (χ1) is 11.3. The number of carboxylic acid groups (broad SMARTS) is 1. The van der Waals surface area contributed by atoms with Gasteiger partial charge < -0.3 is 24.7 Å². The van der Waals surface area contributed by atoms with E-state index in [1.165, 1.54) is 0 Å². The number of aliphatic hydroxyl groups is 1. The van der Waals surface area contributed by atoms with E-state index in [0.717, 1.165) is 11.3 Å². The molecule has 2 rings (SSSR count). The van der Waals surface area contributed by atoms with E-state index in [-0.39, 0.29) is 12.4 Å². The van der Waals surface area contributed by atoms with Gasteiger partial charge in [0.25, 0.3) is 6.47 Å². The van der Waals surface area contributed by atoms with Crippen LogP contribution in [-0.2, 0) is 16.0 Å². The Labute approximate surface area is 142 Å². The fraction of sp³-hybridized carbons (Fsp3) is 0.529. The van der Waals surface area contributed by atoms with Gasteiger partial charge in [-0.2, -0.15) is 0 Å². The Balaban J connectivity index is 0.000000891. The second kappa shape index (κ2) is 9.24. The lowest BCUT2D eigenvalue weighted by Gasteiger charge is -2.26. The van der Waals surface area contributed by atoms with Gasteiger partial charge in [0.2, 0.25) is 5.91 Å². The average Bonchev–Trinajstić information content (AvgIpc) is 2.90. The van der Waals surface area contributed by atoms with Crippen molar-refractivity contribution in [3.8, 4) is 5.75 Å². The molecule has 1 heterocycles. The fourth-order valence-electron chi connectivity index (χ4n) is 2.82. The first-order valence-corrected chi connectivity index (χ1v) is 7.69. The second-order valence-electron chi connectivity index (χ2n) is 6.16. The van der Waals surface area contributed by atoms with E-state index in [1.54, 1.807) is 12.0 Å². The number of rotatable bonds is 5. The molecule has 0 aliphatic carbocycles. The molecule has 2 N–H and O–H groups in total. The van der Waals surface area contributed by atoms with Crippen molar-refractivity contribution in [1.82, 2.24) is 9.80 Å². The van der Waals surface area contributed by atoms with Gasteiger partial charge in [-0.1, -0.05) is 12.1 Å². The zero-order chi connectivity index (χ0) is 18.2. The zero-order valence-electron chi connectivity index (χ0n) is 14.4. The average molecular weight is 338 g/mol. The number of benzene rings is 1. The lowest BCUT2D eigenvalue weighted by molar-refractivity contribution is -0.130. The Morgan fingerprint density at radius 2 is 1.96 bits per heavy atom. The first kappa shape index (κ1) is 19.9. The predicted molar refractivity (Wildman–Crippen MR) is 90.1 cm³/mol. The van der Waals surface area contributed by atoms with Gasteiger partial charge in [0, 0.05) is 13.1 Å². The number of hydrogen-bond acceptors (Lipinski definition) is 5. The molecule has 0 radical (unpaired) electrons. The molecule has 24 heavy (non-hydrogen) atoms. The smallest absolute Gasteiger partial charge is 0.290 e. The number of methoxy groups -OCH3 is 1. The maximum atomic E-state index is 12.3. The van der Waals surface area contributed by atoms with Gasteiger partial charge in [-0.25, -0.2) is 0 Å². The number of ether oxygens (including phenoxy) is 1. The van der Waals surface area contributed by atoms with Crippen LogP contribution in [0.2, 0.25) is 0 Å². The van der Waals surface area contributed by atoms with Crippen molar-refractivity contribution in [3.05, 3.63) is 29.8 Å². The molecule has 1 atom stereocenters. The van der Waals surface area contributed by atoms with Crippen LogP contribution in [0.1, 0.15) is 12.0 Å². The zero-order valence-corrected chi connectivity index (χ0v) is 14.4. The number of carbonyl (C=O) groups is 2. The molecule has 1 saturated heterocycles. The van der Waals surface area contributed by atoms with Crippen molar-refractivity contribution in [2.45, 2.75) is 18.4 Å². The molecule has 1 fully saturated rings. The van der Waals surface area contributed by atoms with Crippen LogP contribution in [0, 0.1) is 0 Å². The van der Waals surface area contributed by atoms with Gasteiger partial charge in [-0.15, -0.1) is 0 Å². The van der Waals surface area contributed by atoms with Gasteiger partial charge in [0.05, 0.1) is 25.7 Å².